The van der Waals surface area contributed by atoms with Gasteiger partial charge in [0.15, 0.2) is 0 Å². The molecule has 0 aliphatic rings. The van der Waals surface area contributed by atoms with Crippen molar-refractivity contribution in [2.24, 2.45) is 5.92 Å². The van der Waals surface area contributed by atoms with Crippen LogP contribution in [0.25, 0.3) is 0 Å². The van der Waals surface area contributed by atoms with Crippen LogP contribution in [0.2, 0.25) is 0 Å². The summed E-state index contributed by atoms with van der Waals surface area (Å²) in [5.74, 6) is 1.57. The fourth-order valence-corrected chi connectivity index (χ4v) is 2.17. The molecule has 0 bridgehead atoms. The molecule has 1 rings (SSSR count). The first-order valence-corrected chi connectivity index (χ1v) is 6.29. The van der Waals surface area contributed by atoms with Crippen LogP contribution >= 0.6 is 0 Å². The molecule has 0 fully saturated rings. The zero-order chi connectivity index (χ0) is 11.1. The van der Waals surface area contributed by atoms with Gasteiger partial charge in [-0.25, -0.2) is 0 Å². The van der Waals surface area contributed by atoms with Crippen molar-refractivity contribution in [3.63, 3.8) is 0 Å². The van der Waals surface area contributed by atoms with Crippen molar-refractivity contribution >= 4 is 0 Å². The summed E-state index contributed by atoms with van der Waals surface area (Å²) in [4.78, 5) is 0. The lowest BCUT2D eigenvalue weighted by molar-refractivity contribution is 0.464. The zero-order valence-corrected chi connectivity index (χ0v) is 10.4. The molecule has 0 N–H and O–H groups in total. The summed E-state index contributed by atoms with van der Waals surface area (Å²) in [7, 11) is 0. The maximum Gasteiger partial charge on any atom is -0.0160 e. The van der Waals surface area contributed by atoms with Crippen LogP contribution in [0.5, 0.6) is 0 Å². The first kappa shape index (κ1) is 12.3. The largest absolute Gasteiger partial charge is 0.0654 e. The second kappa shape index (κ2) is 6.66. The van der Waals surface area contributed by atoms with E-state index in [-0.39, 0.29) is 0 Å². The Balaban J connectivity index is 2.63. The molecule has 0 aliphatic carbocycles. The summed E-state index contributed by atoms with van der Waals surface area (Å²) < 4.78 is 0. The summed E-state index contributed by atoms with van der Waals surface area (Å²) in [5.41, 5.74) is 1.53. The monoisotopic (exact) mass is 204 g/mol. The lowest BCUT2D eigenvalue weighted by Gasteiger charge is -2.19. The lowest BCUT2D eigenvalue weighted by atomic mass is 9.86. The molecule has 1 aromatic carbocycles. The molecule has 15 heavy (non-hydrogen) atoms. The zero-order valence-electron chi connectivity index (χ0n) is 10.4. The Morgan fingerprint density at radius 2 is 1.73 bits per heavy atom. The van der Waals surface area contributed by atoms with Gasteiger partial charge in [0.1, 0.15) is 0 Å². The highest BCUT2D eigenvalue weighted by Crippen LogP contribution is 2.28. The molecular formula is C15H24. The number of unbranched alkanes of at least 4 members (excludes halogenated alkanes) is 1. The van der Waals surface area contributed by atoms with Gasteiger partial charge in [-0.15, -0.1) is 0 Å². The minimum absolute atomic E-state index is 0.770. The minimum atomic E-state index is 0.770. The van der Waals surface area contributed by atoms with Crippen LogP contribution in [0.4, 0.5) is 0 Å². The van der Waals surface area contributed by atoms with Crippen LogP contribution in [0.1, 0.15) is 57.9 Å². The Morgan fingerprint density at radius 1 is 1.07 bits per heavy atom. The molecule has 0 nitrogen and oxygen atoms in total. The molecule has 0 aliphatic heterocycles. The Bertz CT molecular complexity index is 248. The van der Waals surface area contributed by atoms with Crippen LogP contribution in [0.3, 0.4) is 0 Å². The van der Waals surface area contributed by atoms with Gasteiger partial charge in [-0.2, -0.15) is 0 Å². The van der Waals surface area contributed by atoms with Gasteiger partial charge in [0.25, 0.3) is 0 Å². The van der Waals surface area contributed by atoms with E-state index in [1.54, 1.807) is 0 Å². The SMILES string of the molecule is CCCCC(CC(C)C)c1ccccc1. The number of benzene rings is 1. The van der Waals surface area contributed by atoms with Crippen molar-refractivity contribution in [2.75, 3.05) is 0 Å². The summed E-state index contributed by atoms with van der Waals surface area (Å²) in [5, 5.41) is 0. The fraction of sp³-hybridized carbons (Fsp3) is 0.600. The predicted molar refractivity (Wildman–Crippen MR) is 68.2 cm³/mol. The van der Waals surface area contributed by atoms with Crippen LogP contribution < -0.4 is 0 Å². The van der Waals surface area contributed by atoms with E-state index in [4.69, 9.17) is 0 Å². The first-order chi connectivity index (χ1) is 7.24. The second-order valence-corrected chi connectivity index (χ2v) is 4.88. The molecule has 0 heterocycles. The third-order valence-electron chi connectivity index (χ3n) is 2.93. The molecule has 0 saturated heterocycles. The van der Waals surface area contributed by atoms with Gasteiger partial charge in [0.2, 0.25) is 0 Å². The fourth-order valence-electron chi connectivity index (χ4n) is 2.17. The van der Waals surface area contributed by atoms with Gasteiger partial charge in [-0.05, 0) is 30.2 Å². The normalized spacial score (nSPS) is 13.1. The van der Waals surface area contributed by atoms with E-state index in [0.717, 1.165) is 11.8 Å². The smallest absolute Gasteiger partial charge is 0.0160 e. The van der Waals surface area contributed by atoms with Crippen molar-refractivity contribution in [2.45, 2.75) is 52.4 Å². The summed E-state index contributed by atoms with van der Waals surface area (Å²) in [6.45, 7) is 6.92. The van der Waals surface area contributed by atoms with E-state index in [0.29, 0.717) is 0 Å². The molecule has 1 atom stereocenters. The van der Waals surface area contributed by atoms with Gasteiger partial charge in [-0.3, -0.25) is 0 Å². The van der Waals surface area contributed by atoms with E-state index in [1.165, 1.54) is 31.2 Å². The van der Waals surface area contributed by atoms with E-state index in [2.05, 4.69) is 51.1 Å². The molecule has 0 radical (unpaired) electrons. The molecule has 0 amide bonds. The highest BCUT2D eigenvalue weighted by atomic mass is 14.2. The molecular weight excluding hydrogens is 180 g/mol. The van der Waals surface area contributed by atoms with Gasteiger partial charge < -0.3 is 0 Å². The Morgan fingerprint density at radius 3 is 2.27 bits per heavy atom. The lowest BCUT2D eigenvalue weighted by Crippen LogP contribution is -2.03. The summed E-state index contributed by atoms with van der Waals surface area (Å²) >= 11 is 0. The first-order valence-electron chi connectivity index (χ1n) is 6.29. The third kappa shape index (κ3) is 4.51. The maximum atomic E-state index is 2.32. The topological polar surface area (TPSA) is 0 Å². The highest BCUT2D eigenvalue weighted by Gasteiger charge is 2.12. The van der Waals surface area contributed by atoms with E-state index >= 15 is 0 Å². The number of hydrogen-bond donors (Lipinski definition) is 0. The Kier molecular flexibility index (Phi) is 5.45. The van der Waals surface area contributed by atoms with Crippen molar-refractivity contribution < 1.29 is 0 Å². The van der Waals surface area contributed by atoms with Gasteiger partial charge in [-0.1, -0.05) is 63.9 Å². The number of rotatable bonds is 6. The quantitative estimate of drug-likeness (QED) is 0.611. The maximum absolute atomic E-state index is 2.32. The van der Waals surface area contributed by atoms with Crippen molar-refractivity contribution in [1.29, 1.82) is 0 Å². The van der Waals surface area contributed by atoms with Crippen LogP contribution in [-0.2, 0) is 0 Å². The van der Waals surface area contributed by atoms with E-state index < -0.39 is 0 Å². The average Bonchev–Trinajstić information content (AvgIpc) is 2.25. The van der Waals surface area contributed by atoms with Crippen molar-refractivity contribution in [1.82, 2.24) is 0 Å². The number of hydrogen-bond acceptors (Lipinski definition) is 0. The average molecular weight is 204 g/mol. The molecule has 0 spiro atoms. The summed E-state index contributed by atoms with van der Waals surface area (Å²) in [6, 6.07) is 11.0. The minimum Gasteiger partial charge on any atom is -0.0654 e. The standard InChI is InChI=1S/C15H24/c1-4-5-9-15(12-13(2)3)14-10-7-6-8-11-14/h6-8,10-11,13,15H,4-5,9,12H2,1-3H3. The molecule has 0 heteroatoms. The van der Waals surface area contributed by atoms with Crippen molar-refractivity contribution in [3.05, 3.63) is 35.9 Å². The van der Waals surface area contributed by atoms with Crippen LogP contribution in [0, 0.1) is 5.92 Å². The van der Waals surface area contributed by atoms with E-state index in [9.17, 15) is 0 Å². The summed E-state index contributed by atoms with van der Waals surface area (Å²) in [6.07, 6.45) is 5.33. The van der Waals surface area contributed by atoms with Gasteiger partial charge in [0.05, 0.1) is 0 Å². The highest BCUT2D eigenvalue weighted by molar-refractivity contribution is 5.19. The molecule has 0 saturated carbocycles. The Labute approximate surface area is 94.7 Å². The Hall–Kier alpha value is -0.780. The molecule has 84 valence electrons. The van der Waals surface area contributed by atoms with Crippen LogP contribution in [0.15, 0.2) is 30.3 Å². The van der Waals surface area contributed by atoms with E-state index in [1.807, 2.05) is 0 Å². The van der Waals surface area contributed by atoms with Gasteiger partial charge in [0, 0.05) is 0 Å². The van der Waals surface area contributed by atoms with Gasteiger partial charge >= 0.3 is 0 Å². The predicted octanol–water partition coefficient (Wildman–Crippen LogP) is 5.01. The molecule has 0 aromatic heterocycles. The van der Waals surface area contributed by atoms with Crippen LogP contribution in [-0.4, -0.2) is 0 Å². The third-order valence-corrected chi connectivity index (χ3v) is 2.93. The van der Waals surface area contributed by atoms with Crippen molar-refractivity contribution in [3.8, 4) is 0 Å². The second-order valence-electron chi connectivity index (χ2n) is 4.88. The molecule has 1 aromatic rings. The molecule has 1 unspecified atom stereocenters.